The van der Waals surface area contributed by atoms with Crippen molar-refractivity contribution >= 4 is 11.8 Å². The van der Waals surface area contributed by atoms with Gasteiger partial charge in [0.2, 0.25) is 0 Å². The Morgan fingerprint density at radius 3 is 2.18 bits per heavy atom. The molecule has 0 bridgehead atoms. The summed E-state index contributed by atoms with van der Waals surface area (Å²) in [7, 11) is 0. The lowest BCUT2D eigenvalue weighted by Crippen LogP contribution is -1.87. The van der Waals surface area contributed by atoms with Crippen LogP contribution in [0.25, 0.3) is 0 Å². The summed E-state index contributed by atoms with van der Waals surface area (Å²) in [4.78, 5) is 0. The van der Waals surface area contributed by atoms with E-state index in [9.17, 15) is 0 Å². The molecule has 0 spiro atoms. The van der Waals surface area contributed by atoms with Crippen molar-refractivity contribution in [3.05, 3.63) is 24.3 Å². The third-order valence-corrected chi connectivity index (χ3v) is 3.60. The monoisotopic (exact) mass is 256 g/mol. The normalized spacial score (nSPS) is 11.9. The Morgan fingerprint density at radius 2 is 1.53 bits per heavy atom. The van der Waals surface area contributed by atoms with Crippen LogP contribution >= 0.6 is 11.8 Å². The van der Waals surface area contributed by atoms with Crippen LogP contribution in [0.2, 0.25) is 0 Å². The van der Waals surface area contributed by atoms with Crippen molar-refractivity contribution in [3.63, 3.8) is 0 Å². The molecule has 0 atom stereocenters. The van der Waals surface area contributed by atoms with Gasteiger partial charge in [-0.2, -0.15) is 11.8 Å². The number of allylic oxidation sites excluding steroid dienone is 4. The Hall–Kier alpha value is -0.210. The Kier molecular flexibility index (Phi) is 15.6. The first-order valence-electron chi connectivity index (χ1n) is 6.92. The molecule has 0 aliphatic rings. The van der Waals surface area contributed by atoms with Gasteiger partial charge < -0.3 is 5.11 Å². The number of unbranched alkanes of at least 4 members (excludes halogenated alkanes) is 4. The first kappa shape index (κ1) is 16.8. The summed E-state index contributed by atoms with van der Waals surface area (Å²) in [6, 6.07) is 0. The predicted molar refractivity (Wildman–Crippen MR) is 80.7 cm³/mol. The summed E-state index contributed by atoms with van der Waals surface area (Å²) in [5, 5.41) is 8.62. The largest absolute Gasteiger partial charge is 0.396 e. The molecule has 17 heavy (non-hydrogen) atoms. The van der Waals surface area contributed by atoms with Gasteiger partial charge in [0.1, 0.15) is 0 Å². The maximum Gasteiger partial charge on any atom is 0.0431 e. The highest BCUT2D eigenvalue weighted by atomic mass is 32.2. The fourth-order valence-electron chi connectivity index (χ4n) is 1.40. The topological polar surface area (TPSA) is 20.2 Å². The van der Waals surface area contributed by atoms with Crippen molar-refractivity contribution in [1.29, 1.82) is 0 Å². The number of rotatable bonds is 12. The van der Waals surface area contributed by atoms with Gasteiger partial charge >= 0.3 is 0 Å². The zero-order chi connectivity index (χ0) is 12.6. The van der Waals surface area contributed by atoms with Crippen LogP contribution in [0, 0.1) is 0 Å². The Morgan fingerprint density at radius 1 is 0.882 bits per heavy atom. The van der Waals surface area contributed by atoms with Crippen molar-refractivity contribution in [2.45, 2.75) is 51.9 Å². The Labute approximate surface area is 111 Å². The fraction of sp³-hybridized carbons (Fsp3) is 0.733. The summed E-state index contributed by atoms with van der Waals surface area (Å²) in [6.07, 6.45) is 17.2. The average molecular weight is 256 g/mol. The minimum atomic E-state index is 0.344. The smallest absolute Gasteiger partial charge is 0.0431 e. The quantitative estimate of drug-likeness (QED) is 0.407. The molecule has 2 heteroatoms. The molecule has 0 aliphatic carbocycles. The van der Waals surface area contributed by atoms with Crippen LogP contribution in [0.3, 0.4) is 0 Å². The summed E-state index contributed by atoms with van der Waals surface area (Å²) in [5.41, 5.74) is 0. The maximum atomic E-state index is 8.62. The molecule has 100 valence electrons. The van der Waals surface area contributed by atoms with E-state index in [4.69, 9.17) is 5.11 Å². The highest BCUT2D eigenvalue weighted by Gasteiger charge is 1.90. The SMILES string of the molecule is CCC/C=C\C=C\CCCCSCCCCO. The van der Waals surface area contributed by atoms with Crippen molar-refractivity contribution in [2.24, 2.45) is 0 Å². The highest BCUT2D eigenvalue weighted by molar-refractivity contribution is 7.99. The summed E-state index contributed by atoms with van der Waals surface area (Å²) in [5.74, 6) is 2.47. The van der Waals surface area contributed by atoms with E-state index in [0.29, 0.717) is 6.61 Å². The van der Waals surface area contributed by atoms with Gasteiger partial charge in [0, 0.05) is 6.61 Å². The minimum absolute atomic E-state index is 0.344. The van der Waals surface area contributed by atoms with Crippen molar-refractivity contribution in [3.8, 4) is 0 Å². The summed E-state index contributed by atoms with van der Waals surface area (Å²) in [6.45, 7) is 2.54. The van der Waals surface area contributed by atoms with Crippen molar-refractivity contribution in [2.75, 3.05) is 18.1 Å². The molecule has 0 amide bonds. The number of hydrogen-bond acceptors (Lipinski definition) is 2. The van der Waals surface area contributed by atoms with Crippen LogP contribution in [0.4, 0.5) is 0 Å². The van der Waals surface area contributed by atoms with Crippen LogP contribution in [0.1, 0.15) is 51.9 Å². The van der Waals surface area contributed by atoms with Gasteiger partial charge in [-0.15, -0.1) is 0 Å². The molecular formula is C15H28OS. The second kappa shape index (κ2) is 15.8. The Bertz CT molecular complexity index is 187. The molecule has 0 rings (SSSR count). The first-order valence-corrected chi connectivity index (χ1v) is 8.07. The lowest BCUT2D eigenvalue weighted by molar-refractivity contribution is 0.287. The van der Waals surface area contributed by atoms with E-state index in [1.807, 2.05) is 11.8 Å². The highest BCUT2D eigenvalue weighted by Crippen LogP contribution is 2.09. The second-order valence-corrected chi connectivity index (χ2v) is 5.41. The minimum Gasteiger partial charge on any atom is -0.396 e. The molecule has 0 radical (unpaired) electrons. The molecule has 0 aromatic rings. The molecule has 0 heterocycles. The van der Waals surface area contributed by atoms with Gasteiger partial charge in [0.15, 0.2) is 0 Å². The number of aliphatic hydroxyl groups excluding tert-OH is 1. The molecule has 0 saturated heterocycles. The number of aliphatic hydroxyl groups is 1. The molecule has 0 fully saturated rings. The molecule has 0 unspecified atom stereocenters. The van der Waals surface area contributed by atoms with Gasteiger partial charge in [-0.25, -0.2) is 0 Å². The maximum absolute atomic E-state index is 8.62. The van der Waals surface area contributed by atoms with E-state index < -0.39 is 0 Å². The first-order chi connectivity index (χ1) is 8.41. The molecule has 1 nitrogen and oxygen atoms in total. The van der Waals surface area contributed by atoms with Gasteiger partial charge in [-0.1, -0.05) is 37.6 Å². The van der Waals surface area contributed by atoms with E-state index in [-0.39, 0.29) is 0 Å². The second-order valence-electron chi connectivity index (χ2n) is 4.18. The van der Waals surface area contributed by atoms with Crippen LogP contribution in [0.15, 0.2) is 24.3 Å². The zero-order valence-electron chi connectivity index (χ0n) is 11.2. The van der Waals surface area contributed by atoms with Crippen LogP contribution < -0.4 is 0 Å². The van der Waals surface area contributed by atoms with E-state index in [2.05, 4.69) is 31.2 Å². The van der Waals surface area contributed by atoms with Crippen LogP contribution in [-0.2, 0) is 0 Å². The number of thioether (sulfide) groups is 1. The van der Waals surface area contributed by atoms with E-state index in [1.165, 1.54) is 43.6 Å². The third-order valence-electron chi connectivity index (χ3n) is 2.44. The summed E-state index contributed by atoms with van der Waals surface area (Å²) < 4.78 is 0. The van der Waals surface area contributed by atoms with Crippen LogP contribution in [0.5, 0.6) is 0 Å². The summed E-state index contributed by atoms with van der Waals surface area (Å²) >= 11 is 2.02. The predicted octanol–water partition coefficient (Wildman–Crippen LogP) is 4.57. The third kappa shape index (κ3) is 15.8. The van der Waals surface area contributed by atoms with Gasteiger partial charge in [-0.3, -0.25) is 0 Å². The van der Waals surface area contributed by atoms with Crippen molar-refractivity contribution in [1.82, 2.24) is 0 Å². The number of hydrogen-bond donors (Lipinski definition) is 1. The molecule has 0 aromatic heterocycles. The lowest BCUT2D eigenvalue weighted by Gasteiger charge is -1.99. The van der Waals surface area contributed by atoms with E-state index in [0.717, 1.165) is 12.8 Å². The molecular weight excluding hydrogens is 228 g/mol. The zero-order valence-corrected chi connectivity index (χ0v) is 12.1. The molecule has 0 aromatic carbocycles. The molecule has 0 aliphatic heterocycles. The van der Waals surface area contributed by atoms with Gasteiger partial charge in [0.25, 0.3) is 0 Å². The van der Waals surface area contributed by atoms with Crippen LogP contribution in [-0.4, -0.2) is 23.2 Å². The van der Waals surface area contributed by atoms with E-state index in [1.54, 1.807) is 0 Å². The molecule has 0 saturated carbocycles. The van der Waals surface area contributed by atoms with E-state index >= 15 is 0 Å². The van der Waals surface area contributed by atoms with Gasteiger partial charge in [0.05, 0.1) is 0 Å². The van der Waals surface area contributed by atoms with Gasteiger partial charge in [-0.05, 0) is 50.0 Å². The van der Waals surface area contributed by atoms with Crippen molar-refractivity contribution < 1.29 is 5.11 Å². The fourth-order valence-corrected chi connectivity index (χ4v) is 2.42. The standard InChI is InChI=1S/C15H28OS/c1-2-3-4-5-6-7-8-9-11-14-17-15-12-10-13-16/h4-7,16H,2-3,8-15H2,1H3/b5-4-,7-6+. The lowest BCUT2D eigenvalue weighted by atomic mass is 10.2. The average Bonchev–Trinajstić information content (AvgIpc) is 2.35. The molecule has 1 N–H and O–H groups in total. The Balaban J connectivity index is 3.07.